The first-order valence-electron chi connectivity index (χ1n) is 7.73. The van der Waals surface area contributed by atoms with Gasteiger partial charge in [0.25, 0.3) is 0 Å². The second-order valence-electron chi connectivity index (χ2n) is 5.69. The molecular formula is C18H14N4O2. The lowest BCUT2D eigenvalue weighted by Gasteiger charge is -2.12. The average Bonchev–Trinajstić information content (AvgIpc) is 3.32. The molecule has 0 saturated carbocycles. The number of nitrogens with zero attached hydrogens (tertiary/aromatic N) is 2. The predicted octanol–water partition coefficient (Wildman–Crippen LogP) is 2.44. The van der Waals surface area contributed by atoms with Crippen LogP contribution < -0.4 is 10.1 Å². The minimum atomic E-state index is -0.345. The number of nitrogens with one attached hydrogen (secondary N) is 2. The van der Waals surface area contributed by atoms with E-state index in [1.54, 1.807) is 0 Å². The van der Waals surface area contributed by atoms with Crippen molar-refractivity contribution in [1.82, 2.24) is 10.3 Å². The zero-order chi connectivity index (χ0) is 15.9. The number of aromatic nitrogens is 1. The van der Waals surface area contributed by atoms with Crippen molar-refractivity contribution in [2.24, 2.45) is 9.98 Å². The molecule has 1 aromatic heterocycles. The van der Waals surface area contributed by atoms with Crippen LogP contribution in [0, 0.1) is 0 Å². The first kappa shape index (κ1) is 13.2. The van der Waals surface area contributed by atoms with Crippen LogP contribution in [0.4, 0.5) is 0 Å². The molecule has 2 atom stereocenters. The van der Waals surface area contributed by atoms with E-state index in [0.717, 1.165) is 22.8 Å². The van der Waals surface area contributed by atoms with Gasteiger partial charge in [0, 0.05) is 23.5 Å². The Labute approximate surface area is 138 Å². The van der Waals surface area contributed by atoms with Crippen LogP contribution in [0.3, 0.4) is 0 Å². The molecule has 4 aliphatic rings. The summed E-state index contributed by atoms with van der Waals surface area (Å²) in [6, 6.07) is 3.85. The largest absolute Gasteiger partial charge is 0.452 e. The topological polar surface area (TPSA) is 71.0 Å². The number of ether oxygens (including phenoxy) is 2. The van der Waals surface area contributed by atoms with Crippen molar-refractivity contribution in [1.29, 1.82) is 0 Å². The van der Waals surface area contributed by atoms with Gasteiger partial charge in [-0.1, -0.05) is 0 Å². The van der Waals surface area contributed by atoms with Crippen molar-refractivity contribution >= 4 is 17.7 Å². The summed E-state index contributed by atoms with van der Waals surface area (Å²) in [5.74, 6) is 1.25. The summed E-state index contributed by atoms with van der Waals surface area (Å²) in [6.07, 6.45) is 14.9. The van der Waals surface area contributed by atoms with Crippen LogP contribution in [0.1, 0.15) is 5.69 Å². The smallest absolute Gasteiger partial charge is 0.216 e. The molecule has 0 aromatic carbocycles. The molecule has 0 radical (unpaired) electrons. The highest BCUT2D eigenvalue weighted by Gasteiger charge is 2.18. The third-order valence-corrected chi connectivity index (χ3v) is 3.89. The summed E-state index contributed by atoms with van der Waals surface area (Å²) in [6.45, 7) is 0. The maximum atomic E-state index is 5.89. The maximum absolute atomic E-state index is 5.89. The lowest BCUT2D eigenvalue weighted by Crippen LogP contribution is -2.27. The summed E-state index contributed by atoms with van der Waals surface area (Å²) < 4.78 is 11.7. The molecule has 5 rings (SSSR count). The van der Waals surface area contributed by atoms with Gasteiger partial charge >= 0.3 is 0 Å². The number of H-pyrrole nitrogens is 1. The van der Waals surface area contributed by atoms with Gasteiger partial charge in [0.15, 0.2) is 12.1 Å². The highest BCUT2D eigenvalue weighted by molar-refractivity contribution is 6.06. The Morgan fingerprint density at radius 3 is 2.96 bits per heavy atom. The fraction of sp³-hybridized carbons (Fsp3) is 0.111. The summed E-state index contributed by atoms with van der Waals surface area (Å²) >= 11 is 0. The van der Waals surface area contributed by atoms with E-state index in [9.17, 15) is 0 Å². The van der Waals surface area contributed by atoms with Crippen LogP contribution in [-0.4, -0.2) is 29.0 Å². The first-order chi connectivity index (χ1) is 11.8. The van der Waals surface area contributed by atoms with E-state index in [-0.39, 0.29) is 12.5 Å². The number of aliphatic imine (C=N–C) groups is 2. The number of hydrogen-bond acceptors (Lipinski definition) is 5. The lowest BCUT2D eigenvalue weighted by molar-refractivity contribution is 0.224. The van der Waals surface area contributed by atoms with Crippen LogP contribution >= 0.6 is 0 Å². The quantitative estimate of drug-likeness (QED) is 0.772. The van der Waals surface area contributed by atoms with Crippen molar-refractivity contribution in [3.05, 3.63) is 71.8 Å². The van der Waals surface area contributed by atoms with E-state index in [2.05, 4.69) is 20.3 Å². The maximum Gasteiger partial charge on any atom is 0.216 e. The molecule has 0 spiro atoms. The third kappa shape index (κ3) is 2.48. The molecule has 2 N–H and O–H groups in total. The van der Waals surface area contributed by atoms with E-state index in [4.69, 9.17) is 9.47 Å². The second-order valence-corrected chi connectivity index (χ2v) is 5.69. The number of fused-ring (bicyclic) bond motifs is 6. The minimum Gasteiger partial charge on any atom is -0.452 e. The summed E-state index contributed by atoms with van der Waals surface area (Å²) in [4.78, 5) is 12.2. The van der Waals surface area contributed by atoms with Crippen molar-refractivity contribution in [2.75, 3.05) is 0 Å². The highest BCUT2D eigenvalue weighted by Crippen LogP contribution is 2.21. The molecule has 118 valence electrons. The van der Waals surface area contributed by atoms with Crippen LogP contribution in [0.25, 0.3) is 6.08 Å². The van der Waals surface area contributed by atoms with Gasteiger partial charge in [-0.3, -0.25) is 0 Å². The molecule has 0 amide bonds. The van der Waals surface area contributed by atoms with Crippen molar-refractivity contribution in [3.8, 4) is 5.88 Å². The molecule has 0 aliphatic carbocycles. The first-order valence-corrected chi connectivity index (χ1v) is 7.73. The zero-order valence-corrected chi connectivity index (χ0v) is 12.6. The van der Waals surface area contributed by atoms with Gasteiger partial charge in [-0.15, -0.1) is 0 Å². The van der Waals surface area contributed by atoms with Gasteiger partial charge in [-0.05, 0) is 48.6 Å². The summed E-state index contributed by atoms with van der Waals surface area (Å²) in [5, 5.41) is 3.29. The van der Waals surface area contributed by atoms with E-state index < -0.39 is 0 Å². The fourth-order valence-corrected chi connectivity index (χ4v) is 2.80. The normalized spacial score (nSPS) is 30.5. The van der Waals surface area contributed by atoms with E-state index >= 15 is 0 Å². The molecule has 0 fully saturated rings. The van der Waals surface area contributed by atoms with Crippen LogP contribution in [0.2, 0.25) is 0 Å². The number of hydrogen-bond donors (Lipinski definition) is 2. The number of rotatable bonds is 0. The molecule has 5 heterocycles. The molecule has 2 unspecified atom stereocenters. The zero-order valence-electron chi connectivity index (χ0n) is 12.6. The van der Waals surface area contributed by atoms with E-state index in [0.29, 0.717) is 11.8 Å². The monoisotopic (exact) mass is 318 g/mol. The summed E-state index contributed by atoms with van der Waals surface area (Å²) in [7, 11) is 0. The Hall–Kier alpha value is -3.28. The Bertz CT molecular complexity index is 911. The van der Waals surface area contributed by atoms with Gasteiger partial charge in [0.2, 0.25) is 12.1 Å². The Morgan fingerprint density at radius 1 is 0.958 bits per heavy atom. The van der Waals surface area contributed by atoms with Crippen molar-refractivity contribution in [2.45, 2.75) is 12.5 Å². The van der Waals surface area contributed by atoms with Gasteiger partial charge in [-0.25, -0.2) is 9.98 Å². The van der Waals surface area contributed by atoms with E-state index in [1.807, 2.05) is 60.7 Å². The molecular weight excluding hydrogens is 304 g/mol. The van der Waals surface area contributed by atoms with Crippen LogP contribution in [0.15, 0.2) is 76.0 Å². The van der Waals surface area contributed by atoms with Crippen LogP contribution in [-0.2, 0) is 4.74 Å². The average molecular weight is 318 g/mol. The second kappa shape index (κ2) is 5.13. The number of allylic oxidation sites excluding steroid dienone is 4. The Balaban J connectivity index is 1.53. The van der Waals surface area contributed by atoms with Crippen molar-refractivity contribution in [3.63, 3.8) is 0 Å². The molecule has 6 nitrogen and oxygen atoms in total. The fourth-order valence-electron chi connectivity index (χ4n) is 2.80. The van der Waals surface area contributed by atoms with Gasteiger partial charge in [-0.2, -0.15) is 0 Å². The van der Waals surface area contributed by atoms with Crippen molar-refractivity contribution < 1.29 is 9.47 Å². The minimum absolute atomic E-state index is 0.211. The molecule has 24 heavy (non-hydrogen) atoms. The molecule has 1 aromatic rings. The predicted molar refractivity (Wildman–Crippen MR) is 91.6 cm³/mol. The third-order valence-electron chi connectivity index (χ3n) is 3.89. The molecule has 0 saturated heterocycles. The molecule has 6 heteroatoms. The molecule has 4 aliphatic heterocycles. The van der Waals surface area contributed by atoms with Gasteiger partial charge in [0.05, 0.1) is 11.4 Å². The Kier molecular flexibility index (Phi) is 2.82. The number of aromatic amines is 1. The van der Waals surface area contributed by atoms with Crippen LogP contribution in [0.5, 0.6) is 5.88 Å². The Morgan fingerprint density at radius 2 is 1.96 bits per heavy atom. The van der Waals surface area contributed by atoms with Gasteiger partial charge < -0.3 is 19.8 Å². The summed E-state index contributed by atoms with van der Waals surface area (Å²) in [5.41, 5.74) is 3.53. The molecule has 8 bridgehead atoms. The van der Waals surface area contributed by atoms with Gasteiger partial charge in [0.1, 0.15) is 0 Å². The highest BCUT2D eigenvalue weighted by atomic mass is 16.5. The lowest BCUT2D eigenvalue weighted by atomic mass is 10.3. The SMILES string of the molecule is C1=CC2N=C1/C=C1/C=CC(N1)Oc1ccc([nH]1)/C=C1/C=CC(=N1)O2. The standard InChI is InChI=1S/C18H14N4O2/c1-5-15-19-11(1)9-12-2-6-17(20-12)24-18-8-4-14(22-18)10-13-3-7-16(21-13)23-15/h1-10,15,17,19,21H/b11-9-,14-10-. The van der Waals surface area contributed by atoms with E-state index in [1.165, 1.54) is 0 Å².